The Morgan fingerprint density at radius 3 is 2.65 bits per heavy atom. The quantitative estimate of drug-likeness (QED) is 0.517. The molecule has 0 atom stereocenters. The van der Waals surface area contributed by atoms with Gasteiger partial charge in [-0.15, -0.1) is 0 Å². The fraction of sp³-hybridized carbons (Fsp3) is 0.423. The molecule has 1 aliphatic heterocycles. The number of amides is 1. The number of carbonyl (C=O) groups is 1. The molecule has 8 nitrogen and oxygen atoms in total. The van der Waals surface area contributed by atoms with Crippen molar-refractivity contribution in [1.82, 2.24) is 20.4 Å². The van der Waals surface area contributed by atoms with Crippen molar-refractivity contribution in [2.75, 3.05) is 33.9 Å². The van der Waals surface area contributed by atoms with E-state index in [-0.39, 0.29) is 11.8 Å². The maximum Gasteiger partial charge on any atom is 0.241 e. The largest absolute Gasteiger partial charge is 0.493 e. The molecule has 180 valence electrons. The maximum atomic E-state index is 12.6. The van der Waals surface area contributed by atoms with Crippen molar-refractivity contribution in [2.24, 2.45) is 5.92 Å². The summed E-state index contributed by atoms with van der Waals surface area (Å²) in [6.45, 7) is 4.90. The van der Waals surface area contributed by atoms with Crippen LogP contribution in [0.1, 0.15) is 29.9 Å². The Morgan fingerprint density at radius 1 is 1.12 bits per heavy atom. The lowest BCUT2D eigenvalue weighted by molar-refractivity contribution is -0.126. The van der Waals surface area contributed by atoms with E-state index >= 15 is 0 Å². The highest BCUT2D eigenvalue weighted by atomic mass is 16.5. The average molecular weight is 465 g/mol. The molecule has 0 bridgehead atoms. The van der Waals surface area contributed by atoms with Gasteiger partial charge in [0.25, 0.3) is 0 Å². The van der Waals surface area contributed by atoms with E-state index in [9.17, 15) is 4.79 Å². The molecule has 1 amide bonds. The predicted octanol–water partition coefficient (Wildman–Crippen LogP) is 3.63. The van der Waals surface area contributed by atoms with Gasteiger partial charge in [0, 0.05) is 18.0 Å². The SMILES string of the molecule is COc1ccc(CCNC(=O)C2CCN(Cc3nc(-c4cccc(C)c4)no3)CC2)cc1OC. The molecule has 0 unspecified atom stereocenters. The topological polar surface area (TPSA) is 89.7 Å². The van der Waals surface area contributed by atoms with Crippen LogP contribution in [0.25, 0.3) is 11.4 Å². The van der Waals surface area contributed by atoms with E-state index in [0.29, 0.717) is 36.3 Å². The van der Waals surface area contributed by atoms with Gasteiger partial charge in [-0.25, -0.2) is 0 Å². The molecule has 2 aromatic carbocycles. The molecular formula is C26H32N4O4. The first-order chi connectivity index (χ1) is 16.6. The second kappa shape index (κ2) is 11.2. The van der Waals surface area contributed by atoms with Crippen LogP contribution in [0, 0.1) is 12.8 Å². The number of aryl methyl sites for hydroxylation is 1. The van der Waals surface area contributed by atoms with Gasteiger partial charge in [-0.2, -0.15) is 4.98 Å². The number of benzene rings is 2. The van der Waals surface area contributed by atoms with Gasteiger partial charge in [0.15, 0.2) is 11.5 Å². The smallest absolute Gasteiger partial charge is 0.241 e. The summed E-state index contributed by atoms with van der Waals surface area (Å²) in [5.74, 6) is 2.78. The molecule has 4 rings (SSSR count). The Bertz CT molecular complexity index is 1110. The summed E-state index contributed by atoms with van der Waals surface area (Å²) in [5, 5.41) is 7.21. The van der Waals surface area contributed by atoms with Crippen LogP contribution < -0.4 is 14.8 Å². The normalized spacial score (nSPS) is 14.7. The van der Waals surface area contributed by atoms with Gasteiger partial charge in [0.05, 0.1) is 20.8 Å². The van der Waals surface area contributed by atoms with Crippen LogP contribution in [0.3, 0.4) is 0 Å². The van der Waals surface area contributed by atoms with Gasteiger partial charge in [-0.05, 0) is 63.0 Å². The van der Waals surface area contributed by atoms with E-state index in [0.717, 1.165) is 49.0 Å². The molecule has 8 heteroatoms. The summed E-state index contributed by atoms with van der Waals surface area (Å²) in [5.41, 5.74) is 3.21. The van der Waals surface area contributed by atoms with Gasteiger partial charge >= 0.3 is 0 Å². The number of nitrogens with one attached hydrogen (secondary N) is 1. The molecule has 0 aliphatic carbocycles. The average Bonchev–Trinajstić information content (AvgIpc) is 3.33. The standard InChI is InChI=1S/C26H32N4O4/c1-18-5-4-6-21(15-18)25-28-24(34-29-25)17-30-13-10-20(11-14-30)26(31)27-12-9-19-7-8-22(32-2)23(16-19)33-3/h4-8,15-16,20H,9-14,17H2,1-3H3,(H,27,31). The molecule has 2 heterocycles. The third-order valence-corrected chi connectivity index (χ3v) is 6.22. The highest BCUT2D eigenvalue weighted by molar-refractivity contribution is 5.78. The van der Waals surface area contributed by atoms with Crippen molar-refractivity contribution in [2.45, 2.75) is 32.7 Å². The molecule has 0 spiro atoms. The summed E-state index contributed by atoms with van der Waals surface area (Å²) in [6.07, 6.45) is 2.38. The zero-order valence-corrected chi connectivity index (χ0v) is 20.0. The summed E-state index contributed by atoms with van der Waals surface area (Å²) >= 11 is 0. The number of nitrogens with zero attached hydrogens (tertiary/aromatic N) is 3. The lowest BCUT2D eigenvalue weighted by Crippen LogP contribution is -2.40. The van der Waals surface area contributed by atoms with Crippen LogP contribution in [0.4, 0.5) is 0 Å². The first-order valence-electron chi connectivity index (χ1n) is 11.7. The van der Waals surface area contributed by atoms with Gasteiger partial charge in [-0.3, -0.25) is 9.69 Å². The number of aromatic nitrogens is 2. The lowest BCUT2D eigenvalue weighted by atomic mass is 9.96. The third-order valence-electron chi connectivity index (χ3n) is 6.22. The lowest BCUT2D eigenvalue weighted by Gasteiger charge is -2.30. The van der Waals surface area contributed by atoms with Gasteiger partial charge in [0.2, 0.25) is 17.6 Å². The van der Waals surface area contributed by atoms with E-state index in [1.165, 1.54) is 0 Å². The van der Waals surface area contributed by atoms with Crippen molar-refractivity contribution in [3.8, 4) is 22.9 Å². The van der Waals surface area contributed by atoms with Crippen molar-refractivity contribution in [3.63, 3.8) is 0 Å². The predicted molar refractivity (Wildman–Crippen MR) is 129 cm³/mol. The fourth-order valence-electron chi connectivity index (χ4n) is 4.28. The number of rotatable bonds is 9. The Balaban J connectivity index is 1.21. The summed E-state index contributed by atoms with van der Waals surface area (Å²) in [6, 6.07) is 13.9. The molecule has 1 fully saturated rings. The molecule has 0 saturated carbocycles. The second-order valence-electron chi connectivity index (χ2n) is 8.66. The summed E-state index contributed by atoms with van der Waals surface area (Å²) in [7, 11) is 3.24. The van der Waals surface area contributed by atoms with E-state index in [2.05, 4.69) is 20.4 Å². The zero-order chi connectivity index (χ0) is 23.9. The number of piperidine rings is 1. The summed E-state index contributed by atoms with van der Waals surface area (Å²) < 4.78 is 16.1. The Kier molecular flexibility index (Phi) is 7.80. The molecule has 1 N–H and O–H groups in total. The minimum absolute atomic E-state index is 0.0344. The Hall–Kier alpha value is -3.39. The minimum atomic E-state index is 0.0344. The van der Waals surface area contributed by atoms with E-state index in [1.54, 1.807) is 14.2 Å². The van der Waals surface area contributed by atoms with Crippen LogP contribution in [-0.4, -0.2) is 54.8 Å². The molecule has 1 aliphatic rings. The van der Waals surface area contributed by atoms with Crippen molar-refractivity contribution in [3.05, 3.63) is 59.5 Å². The molecule has 3 aromatic rings. The van der Waals surface area contributed by atoms with Crippen LogP contribution >= 0.6 is 0 Å². The number of hydrogen-bond donors (Lipinski definition) is 1. The molecule has 1 saturated heterocycles. The van der Waals surface area contributed by atoms with Crippen LogP contribution in [-0.2, 0) is 17.8 Å². The van der Waals surface area contributed by atoms with Crippen LogP contribution in [0.15, 0.2) is 47.0 Å². The number of hydrogen-bond acceptors (Lipinski definition) is 7. The highest BCUT2D eigenvalue weighted by Gasteiger charge is 2.26. The Labute approximate surface area is 200 Å². The van der Waals surface area contributed by atoms with E-state index in [1.807, 2.05) is 49.4 Å². The van der Waals surface area contributed by atoms with Crippen LogP contribution in [0.5, 0.6) is 11.5 Å². The van der Waals surface area contributed by atoms with Gasteiger partial charge in [0.1, 0.15) is 0 Å². The van der Waals surface area contributed by atoms with Crippen molar-refractivity contribution < 1.29 is 18.8 Å². The molecular weight excluding hydrogens is 432 g/mol. The number of likely N-dealkylation sites (tertiary alicyclic amines) is 1. The minimum Gasteiger partial charge on any atom is -0.493 e. The van der Waals surface area contributed by atoms with E-state index < -0.39 is 0 Å². The molecule has 34 heavy (non-hydrogen) atoms. The third kappa shape index (κ3) is 5.94. The summed E-state index contributed by atoms with van der Waals surface area (Å²) in [4.78, 5) is 19.5. The second-order valence-corrected chi connectivity index (χ2v) is 8.66. The maximum absolute atomic E-state index is 12.6. The van der Waals surface area contributed by atoms with Gasteiger partial charge < -0.3 is 19.3 Å². The van der Waals surface area contributed by atoms with E-state index in [4.69, 9.17) is 14.0 Å². The van der Waals surface area contributed by atoms with Gasteiger partial charge in [-0.1, -0.05) is 35.0 Å². The monoisotopic (exact) mass is 464 g/mol. The molecule has 0 radical (unpaired) electrons. The fourth-order valence-corrected chi connectivity index (χ4v) is 4.28. The first-order valence-corrected chi connectivity index (χ1v) is 11.7. The van der Waals surface area contributed by atoms with Crippen molar-refractivity contribution >= 4 is 5.91 Å². The Morgan fingerprint density at radius 2 is 1.91 bits per heavy atom. The zero-order valence-electron chi connectivity index (χ0n) is 20.0. The molecule has 1 aromatic heterocycles. The van der Waals surface area contributed by atoms with Crippen LogP contribution in [0.2, 0.25) is 0 Å². The first kappa shape index (κ1) is 23.8. The number of ether oxygens (including phenoxy) is 2. The number of carbonyl (C=O) groups excluding carboxylic acids is 1. The highest BCUT2D eigenvalue weighted by Crippen LogP contribution is 2.27. The number of methoxy groups -OCH3 is 2. The van der Waals surface area contributed by atoms with Crippen molar-refractivity contribution in [1.29, 1.82) is 0 Å².